The Bertz CT molecular complexity index is 1070. The molecule has 1 N–H and O–H groups in total. The molecule has 2 aromatic rings. The number of piperazine rings is 1. The molecule has 3 rings (SSSR count). The molecular weight excluding hydrogens is 395 g/mol. The van der Waals surface area contributed by atoms with Gasteiger partial charge >= 0.3 is 6.18 Å². The standard InChI is InChI=1S/C22H18F3N3O2/c1-14(17-11-7-6-10-16(17)13-26)18-19(29)28(2)21(20(30)27-18,22(23,24)25)12-15-8-4-3-5-9-15/h3-11H,12H2,1-2H3,(H,27,30). The van der Waals surface area contributed by atoms with Crippen LogP contribution in [0.2, 0.25) is 0 Å². The minimum absolute atomic E-state index is 0.216. The van der Waals surface area contributed by atoms with Gasteiger partial charge in [-0.3, -0.25) is 9.59 Å². The molecule has 30 heavy (non-hydrogen) atoms. The fourth-order valence-electron chi connectivity index (χ4n) is 3.57. The van der Waals surface area contributed by atoms with E-state index in [9.17, 15) is 28.0 Å². The van der Waals surface area contributed by atoms with Crippen molar-refractivity contribution in [3.8, 4) is 6.07 Å². The molecule has 1 unspecified atom stereocenters. The maximum absolute atomic E-state index is 14.2. The molecule has 2 amide bonds. The lowest BCUT2D eigenvalue weighted by molar-refractivity contribution is -0.227. The molecule has 1 aliphatic rings. The van der Waals surface area contributed by atoms with Crippen LogP contribution in [0.15, 0.2) is 60.3 Å². The third-order valence-electron chi connectivity index (χ3n) is 5.30. The first-order chi connectivity index (χ1) is 14.1. The van der Waals surface area contributed by atoms with Crippen molar-refractivity contribution in [2.75, 3.05) is 7.05 Å². The summed E-state index contributed by atoms with van der Waals surface area (Å²) in [5, 5.41) is 11.5. The number of hydrogen-bond acceptors (Lipinski definition) is 3. The average molecular weight is 413 g/mol. The molecule has 2 aromatic carbocycles. The Balaban J connectivity index is 2.12. The number of nitriles is 1. The molecule has 1 saturated heterocycles. The van der Waals surface area contributed by atoms with Gasteiger partial charge in [0.25, 0.3) is 11.8 Å². The summed E-state index contributed by atoms with van der Waals surface area (Å²) in [4.78, 5) is 26.4. The highest BCUT2D eigenvalue weighted by atomic mass is 19.4. The van der Waals surface area contributed by atoms with Crippen LogP contribution in [0, 0.1) is 11.3 Å². The van der Waals surface area contributed by atoms with E-state index >= 15 is 0 Å². The molecule has 1 heterocycles. The summed E-state index contributed by atoms with van der Waals surface area (Å²) in [5.41, 5.74) is -2.25. The fourth-order valence-corrected chi connectivity index (χ4v) is 3.57. The second kappa shape index (κ2) is 7.67. The number of carbonyl (C=O) groups is 2. The molecular formula is C22H18F3N3O2. The van der Waals surface area contributed by atoms with Crippen molar-refractivity contribution in [2.24, 2.45) is 0 Å². The molecule has 1 atom stereocenters. The lowest BCUT2D eigenvalue weighted by atomic mass is 9.84. The molecule has 0 aliphatic carbocycles. The number of nitrogens with one attached hydrogen (secondary N) is 1. The maximum atomic E-state index is 14.2. The summed E-state index contributed by atoms with van der Waals surface area (Å²) in [6.45, 7) is 1.48. The first-order valence-electron chi connectivity index (χ1n) is 9.04. The number of likely N-dealkylation sites (N-methyl/N-ethyl adjacent to an activating group) is 1. The van der Waals surface area contributed by atoms with Crippen LogP contribution < -0.4 is 5.32 Å². The summed E-state index contributed by atoms with van der Waals surface area (Å²) in [6.07, 6.45) is -5.73. The molecule has 0 saturated carbocycles. The monoisotopic (exact) mass is 413 g/mol. The van der Waals surface area contributed by atoms with Gasteiger partial charge < -0.3 is 10.2 Å². The van der Waals surface area contributed by atoms with E-state index in [0.717, 1.165) is 7.05 Å². The van der Waals surface area contributed by atoms with Crippen LogP contribution in [0.4, 0.5) is 13.2 Å². The zero-order chi connectivity index (χ0) is 22.1. The lowest BCUT2D eigenvalue weighted by Crippen LogP contribution is -2.72. The van der Waals surface area contributed by atoms with Gasteiger partial charge in [-0.25, -0.2) is 0 Å². The molecule has 1 aliphatic heterocycles. The fraction of sp³-hybridized carbons (Fsp3) is 0.227. The summed E-state index contributed by atoms with van der Waals surface area (Å²) < 4.78 is 42.6. The van der Waals surface area contributed by atoms with Crippen molar-refractivity contribution in [2.45, 2.75) is 25.1 Å². The number of alkyl halides is 3. The number of allylic oxidation sites excluding steroid dienone is 1. The van der Waals surface area contributed by atoms with Crippen molar-refractivity contribution in [3.05, 3.63) is 77.0 Å². The largest absolute Gasteiger partial charge is 0.421 e. The van der Waals surface area contributed by atoms with E-state index in [-0.39, 0.29) is 22.4 Å². The van der Waals surface area contributed by atoms with Crippen LogP contribution in [-0.2, 0) is 16.0 Å². The van der Waals surface area contributed by atoms with Gasteiger partial charge in [-0.1, -0.05) is 48.5 Å². The quantitative estimate of drug-likeness (QED) is 0.784. The number of amides is 2. The minimum atomic E-state index is -5.01. The first-order valence-corrected chi connectivity index (χ1v) is 9.04. The number of rotatable bonds is 3. The number of hydrogen-bond donors (Lipinski definition) is 1. The van der Waals surface area contributed by atoms with Gasteiger partial charge in [0.05, 0.1) is 11.6 Å². The van der Waals surface area contributed by atoms with Crippen LogP contribution in [0.5, 0.6) is 0 Å². The summed E-state index contributed by atoms with van der Waals surface area (Å²) >= 11 is 0. The van der Waals surface area contributed by atoms with Crippen LogP contribution in [-0.4, -0.2) is 35.5 Å². The third-order valence-corrected chi connectivity index (χ3v) is 5.30. The van der Waals surface area contributed by atoms with E-state index in [1.165, 1.54) is 25.1 Å². The van der Waals surface area contributed by atoms with E-state index < -0.39 is 30.0 Å². The van der Waals surface area contributed by atoms with Crippen LogP contribution in [0.1, 0.15) is 23.6 Å². The average Bonchev–Trinajstić information content (AvgIpc) is 2.73. The second-order valence-corrected chi connectivity index (χ2v) is 7.00. The normalized spacial score (nSPS) is 21.1. The lowest BCUT2D eigenvalue weighted by Gasteiger charge is -2.45. The molecule has 0 spiro atoms. The van der Waals surface area contributed by atoms with Gasteiger partial charge in [0.1, 0.15) is 5.70 Å². The summed E-state index contributed by atoms with van der Waals surface area (Å²) in [5.74, 6) is -2.32. The third kappa shape index (κ3) is 3.32. The summed E-state index contributed by atoms with van der Waals surface area (Å²) in [7, 11) is 0.973. The van der Waals surface area contributed by atoms with Gasteiger partial charge in [-0.15, -0.1) is 0 Å². The molecule has 0 radical (unpaired) electrons. The Morgan fingerprint density at radius 3 is 2.30 bits per heavy atom. The predicted octanol–water partition coefficient (Wildman–Crippen LogP) is 3.42. The zero-order valence-electron chi connectivity index (χ0n) is 16.2. The Hall–Kier alpha value is -3.60. The minimum Gasteiger partial charge on any atom is -0.319 e. The number of carbonyl (C=O) groups excluding carboxylic acids is 2. The van der Waals surface area contributed by atoms with Crippen LogP contribution in [0.25, 0.3) is 5.57 Å². The number of nitrogens with zero attached hydrogens (tertiary/aromatic N) is 2. The highest BCUT2D eigenvalue weighted by molar-refractivity contribution is 6.11. The maximum Gasteiger partial charge on any atom is 0.421 e. The number of benzene rings is 2. The van der Waals surface area contributed by atoms with Crippen molar-refractivity contribution in [1.29, 1.82) is 5.26 Å². The van der Waals surface area contributed by atoms with E-state index in [2.05, 4.69) is 5.32 Å². The van der Waals surface area contributed by atoms with Gasteiger partial charge in [-0.2, -0.15) is 18.4 Å². The molecule has 0 bridgehead atoms. The van der Waals surface area contributed by atoms with Crippen LogP contribution >= 0.6 is 0 Å². The van der Waals surface area contributed by atoms with Gasteiger partial charge in [0, 0.05) is 13.5 Å². The van der Waals surface area contributed by atoms with Gasteiger partial charge in [0.15, 0.2) is 0 Å². The Kier molecular flexibility index (Phi) is 5.40. The Morgan fingerprint density at radius 2 is 1.70 bits per heavy atom. The first kappa shape index (κ1) is 21.1. The van der Waals surface area contributed by atoms with Gasteiger partial charge in [0.2, 0.25) is 5.54 Å². The van der Waals surface area contributed by atoms with E-state index in [1.54, 1.807) is 36.4 Å². The van der Waals surface area contributed by atoms with Crippen molar-refractivity contribution >= 4 is 17.4 Å². The number of halogens is 3. The van der Waals surface area contributed by atoms with Crippen LogP contribution in [0.3, 0.4) is 0 Å². The van der Waals surface area contributed by atoms with E-state index in [0.29, 0.717) is 10.5 Å². The smallest absolute Gasteiger partial charge is 0.319 e. The van der Waals surface area contributed by atoms with Crippen molar-refractivity contribution in [3.63, 3.8) is 0 Å². The SMILES string of the molecule is CC(=C1NC(=O)C(Cc2ccccc2)(C(F)(F)F)N(C)C1=O)c1ccccc1C#N. The zero-order valence-corrected chi connectivity index (χ0v) is 16.2. The van der Waals surface area contributed by atoms with Crippen molar-refractivity contribution < 1.29 is 22.8 Å². The molecule has 1 fully saturated rings. The van der Waals surface area contributed by atoms with Crippen molar-refractivity contribution in [1.82, 2.24) is 10.2 Å². The topological polar surface area (TPSA) is 73.2 Å². The van der Waals surface area contributed by atoms with E-state index in [4.69, 9.17) is 0 Å². The Labute approximate surface area is 171 Å². The molecule has 0 aromatic heterocycles. The Morgan fingerprint density at radius 1 is 1.10 bits per heavy atom. The molecule has 154 valence electrons. The highest BCUT2D eigenvalue weighted by Crippen LogP contribution is 2.41. The second-order valence-electron chi connectivity index (χ2n) is 7.00. The summed E-state index contributed by atoms with van der Waals surface area (Å²) in [6, 6.07) is 16.0. The highest BCUT2D eigenvalue weighted by Gasteiger charge is 2.66. The van der Waals surface area contributed by atoms with Gasteiger partial charge in [-0.05, 0) is 29.7 Å². The molecule has 8 heteroatoms. The predicted molar refractivity (Wildman–Crippen MR) is 104 cm³/mol. The van der Waals surface area contributed by atoms with E-state index in [1.807, 2.05) is 6.07 Å². The molecule has 5 nitrogen and oxygen atoms in total.